The van der Waals surface area contributed by atoms with E-state index in [1.165, 1.54) is 31.4 Å². The zero-order valence-electron chi connectivity index (χ0n) is 10.4. The molecule has 3 nitrogen and oxygen atoms in total. The second-order valence-corrected chi connectivity index (χ2v) is 6.40. The molecule has 1 aliphatic heterocycles. The highest BCUT2D eigenvalue weighted by Crippen LogP contribution is 2.36. The molecule has 2 heterocycles. The summed E-state index contributed by atoms with van der Waals surface area (Å²) in [5, 5.41) is 4.20. The summed E-state index contributed by atoms with van der Waals surface area (Å²) in [7, 11) is 0. The van der Waals surface area contributed by atoms with Gasteiger partial charge in [0.2, 0.25) is 0 Å². The zero-order chi connectivity index (χ0) is 11.7. The van der Waals surface area contributed by atoms with Gasteiger partial charge in [-0.05, 0) is 25.5 Å². The third-order valence-electron chi connectivity index (χ3n) is 4.22. The molecule has 2 aliphatic rings. The monoisotopic (exact) mass is 251 g/mol. The van der Waals surface area contributed by atoms with Crippen LogP contribution in [0.5, 0.6) is 0 Å². The molecule has 3 rings (SSSR count). The first-order chi connectivity index (χ1) is 8.38. The number of hydrogen-bond acceptors (Lipinski definition) is 3. The average molecular weight is 251 g/mol. The smallest absolute Gasteiger partial charge is 0.0950 e. The van der Waals surface area contributed by atoms with E-state index in [2.05, 4.69) is 33.6 Å². The van der Waals surface area contributed by atoms with E-state index in [0.29, 0.717) is 12.0 Å². The van der Waals surface area contributed by atoms with Gasteiger partial charge in [-0.3, -0.25) is 0 Å². The molecule has 1 saturated heterocycles. The van der Waals surface area contributed by atoms with E-state index in [4.69, 9.17) is 0 Å². The molecule has 1 aromatic heterocycles. The number of imidazole rings is 1. The summed E-state index contributed by atoms with van der Waals surface area (Å²) in [5.74, 6) is 0.701. The lowest BCUT2D eigenvalue weighted by Crippen LogP contribution is -2.41. The summed E-state index contributed by atoms with van der Waals surface area (Å²) in [6, 6.07) is 0.694. The molecule has 2 unspecified atom stereocenters. The van der Waals surface area contributed by atoms with Gasteiger partial charge < -0.3 is 9.88 Å². The third kappa shape index (κ3) is 2.25. The second kappa shape index (κ2) is 5.02. The first kappa shape index (κ1) is 11.6. The molecule has 0 amide bonds. The van der Waals surface area contributed by atoms with Gasteiger partial charge in [0.25, 0.3) is 0 Å². The maximum atomic E-state index is 4.38. The molecule has 0 aromatic carbocycles. The van der Waals surface area contributed by atoms with Crippen LogP contribution in [0.2, 0.25) is 0 Å². The first-order valence-corrected chi connectivity index (χ1v) is 7.92. The predicted octanol–water partition coefficient (Wildman–Crippen LogP) is 2.42. The van der Waals surface area contributed by atoms with Gasteiger partial charge >= 0.3 is 0 Å². The van der Waals surface area contributed by atoms with Crippen molar-refractivity contribution in [2.75, 3.05) is 19.3 Å². The van der Waals surface area contributed by atoms with Crippen LogP contribution >= 0.6 is 11.8 Å². The van der Waals surface area contributed by atoms with Crippen molar-refractivity contribution >= 4 is 11.8 Å². The molecule has 2 fully saturated rings. The lowest BCUT2D eigenvalue weighted by molar-refractivity contribution is 0.334. The summed E-state index contributed by atoms with van der Waals surface area (Å²) in [4.78, 5) is 4.38. The van der Waals surface area contributed by atoms with Gasteiger partial charge in [-0.1, -0.05) is 6.42 Å². The molecular weight excluding hydrogens is 230 g/mol. The molecule has 94 valence electrons. The molecular formula is C13H21N3S. The minimum Gasteiger partial charge on any atom is -0.331 e. The van der Waals surface area contributed by atoms with Gasteiger partial charge in [0, 0.05) is 42.2 Å². The highest BCUT2D eigenvalue weighted by atomic mass is 32.2. The van der Waals surface area contributed by atoms with Crippen LogP contribution < -0.4 is 5.32 Å². The van der Waals surface area contributed by atoms with Gasteiger partial charge in [0.15, 0.2) is 0 Å². The van der Waals surface area contributed by atoms with E-state index in [-0.39, 0.29) is 0 Å². The normalized spacial score (nSPS) is 30.2. The van der Waals surface area contributed by atoms with Gasteiger partial charge in [0.05, 0.1) is 6.33 Å². The third-order valence-corrected chi connectivity index (χ3v) is 5.32. The van der Waals surface area contributed by atoms with Crippen LogP contribution in [0.4, 0.5) is 0 Å². The van der Waals surface area contributed by atoms with E-state index in [0.717, 1.165) is 18.3 Å². The number of nitrogens with one attached hydrogen (secondary N) is 1. The Labute approximate surface area is 107 Å². The van der Waals surface area contributed by atoms with Crippen LogP contribution in [-0.2, 0) is 0 Å². The van der Waals surface area contributed by atoms with E-state index < -0.39 is 0 Å². The summed E-state index contributed by atoms with van der Waals surface area (Å²) < 4.78 is 2.47. The van der Waals surface area contributed by atoms with Crippen molar-refractivity contribution in [3.63, 3.8) is 0 Å². The fourth-order valence-corrected chi connectivity index (χ4v) is 3.84. The highest BCUT2D eigenvalue weighted by molar-refractivity contribution is 7.99. The van der Waals surface area contributed by atoms with Crippen LogP contribution in [0.25, 0.3) is 0 Å². The Morgan fingerprint density at radius 1 is 1.41 bits per heavy atom. The SMILES string of the molecule is CSC1CCCC(n2cncc2C2CNC2)C1. The number of aromatic nitrogens is 2. The standard InChI is InChI=1S/C13H21N3S/c1-17-12-4-2-3-11(5-12)16-9-15-8-13(16)10-6-14-7-10/h8-12,14H,2-7H2,1H3. The Balaban J connectivity index is 1.76. The Bertz CT molecular complexity index is 372. The molecule has 0 spiro atoms. The van der Waals surface area contributed by atoms with E-state index in [1.807, 2.05) is 11.8 Å². The van der Waals surface area contributed by atoms with E-state index >= 15 is 0 Å². The quantitative estimate of drug-likeness (QED) is 0.895. The molecule has 0 bridgehead atoms. The maximum absolute atomic E-state index is 4.38. The lowest BCUT2D eigenvalue weighted by atomic mass is 9.93. The summed E-state index contributed by atoms with van der Waals surface area (Å²) in [6.45, 7) is 2.26. The number of hydrogen-bond donors (Lipinski definition) is 1. The van der Waals surface area contributed by atoms with Crippen molar-refractivity contribution in [2.24, 2.45) is 0 Å². The zero-order valence-corrected chi connectivity index (χ0v) is 11.2. The van der Waals surface area contributed by atoms with Gasteiger partial charge in [-0.2, -0.15) is 11.8 Å². The molecule has 1 aliphatic carbocycles. The van der Waals surface area contributed by atoms with Crippen molar-refractivity contribution in [1.82, 2.24) is 14.9 Å². The Kier molecular flexibility index (Phi) is 3.43. The fourth-order valence-electron chi connectivity index (χ4n) is 3.02. The average Bonchev–Trinajstić information content (AvgIpc) is 2.76. The first-order valence-electron chi connectivity index (χ1n) is 6.63. The van der Waals surface area contributed by atoms with Gasteiger partial charge in [0.1, 0.15) is 0 Å². The number of nitrogens with zero attached hydrogens (tertiary/aromatic N) is 2. The van der Waals surface area contributed by atoms with Crippen LogP contribution in [-0.4, -0.2) is 34.1 Å². The van der Waals surface area contributed by atoms with Crippen LogP contribution in [0.15, 0.2) is 12.5 Å². The van der Waals surface area contributed by atoms with Crippen LogP contribution in [0.1, 0.15) is 43.3 Å². The van der Waals surface area contributed by atoms with Crippen LogP contribution in [0, 0.1) is 0 Å². The largest absolute Gasteiger partial charge is 0.331 e. The van der Waals surface area contributed by atoms with Crippen molar-refractivity contribution in [3.8, 4) is 0 Å². The summed E-state index contributed by atoms with van der Waals surface area (Å²) in [6.07, 6.45) is 11.8. The second-order valence-electron chi connectivity index (χ2n) is 5.26. The Morgan fingerprint density at radius 2 is 2.29 bits per heavy atom. The van der Waals surface area contributed by atoms with Crippen molar-refractivity contribution in [2.45, 2.75) is 42.9 Å². The predicted molar refractivity (Wildman–Crippen MR) is 72.6 cm³/mol. The summed E-state index contributed by atoms with van der Waals surface area (Å²) >= 11 is 2.03. The van der Waals surface area contributed by atoms with Crippen molar-refractivity contribution in [3.05, 3.63) is 18.2 Å². The fraction of sp³-hybridized carbons (Fsp3) is 0.769. The minimum absolute atomic E-state index is 0.694. The molecule has 1 saturated carbocycles. The van der Waals surface area contributed by atoms with Crippen molar-refractivity contribution < 1.29 is 0 Å². The number of rotatable bonds is 3. The van der Waals surface area contributed by atoms with E-state index in [1.54, 1.807) is 0 Å². The Morgan fingerprint density at radius 3 is 3.00 bits per heavy atom. The molecule has 4 heteroatoms. The Hall–Kier alpha value is -0.480. The van der Waals surface area contributed by atoms with Gasteiger partial charge in [-0.15, -0.1) is 0 Å². The molecule has 1 N–H and O–H groups in total. The summed E-state index contributed by atoms with van der Waals surface area (Å²) in [5.41, 5.74) is 1.45. The molecule has 17 heavy (non-hydrogen) atoms. The van der Waals surface area contributed by atoms with Crippen molar-refractivity contribution in [1.29, 1.82) is 0 Å². The maximum Gasteiger partial charge on any atom is 0.0950 e. The molecule has 0 radical (unpaired) electrons. The van der Waals surface area contributed by atoms with E-state index in [9.17, 15) is 0 Å². The topological polar surface area (TPSA) is 29.9 Å². The lowest BCUT2D eigenvalue weighted by Gasteiger charge is -2.34. The van der Waals surface area contributed by atoms with Gasteiger partial charge in [-0.25, -0.2) is 4.98 Å². The minimum atomic E-state index is 0.694. The molecule has 1 aromatic rings. The highest BCUT2D eigenvalue weighted by Gasteiger charge is 2.28. The number of thioether (sulfide) groups is 1. The van der Waals surface area contributed by atoms with Crippen LogP contribution in [0.3, 0.4) is 0 Å². The molecule has 2 atom stereocenters.